The molecule has 0 atom stereocenters. The average molecular weight is 291 g/mol. The highest BCUT2D eigenvalue weighted by molar-refractivity contribution is 5.69. The number of nitrogens with one attached hydrogen (secondary N) is 1. The quantitative estimate of drug-likeness (QED) is 0.868. The van der Waals surface area contributed by atoms with Crippen LogP contribution in [0.2, 0.25) is 0 Å². The van der Waals surface area contributed by atoms with Gasteiger partial charge in [0.15, 0.2) is 5.82 Å². The van der Waals surface area contributed by atoms with Crippen molar-refractivity contribution < 1.29 is 9.90 Å². The maximum absolute atomic E-state index is 12.4. The summed E-state index contributed by atoms with van der Waals surface area (Å²) in [4.78, 5) is 27.8. The lowest BCUT2D eigenvalue weighted by atomic mass is 9.79. The highest BCUT2D eigenvalue weighted by Crippen LogP contribution is 2.35. The predicted octanol–water partition coefficient (Wildman–Crippen LogP) is 2.17. The Balaban J connectivity index is 1.87. The highest BCUT2D eigenvalue weighted by atomic mass is 16.4. The third-order valence-electron chi connectivity index (χ3n) is 4.49. The van der Waals surface area contributed by atoms with Gasteiger partial charge in [0.25, 0.3) is 5.56 Å². The first kappa shape index (κ1) is 14.1. The Bertz CT molecular complexity index is 586. The van der Waals surface area contributed by atoms with E-state index in [0.29, 0.717) is 11.9 Å². The molecule has 0 bridgehead atoms. The number of aliphatic carboxylic acids is 1. The number of carboxylic acid groups (broad SMARTS) is 1. The molecular weight excluding hydrogens is 270 g/mol. The molecule has 21 heavy (non-hydrogen) atoms. The summed E-state index contributed by atoms with van der Waals surface area (Å²) in [5, 5.41) is 12.4. The van der Waals surface area contributed by atoms with E-state index >= 15 is 0 Å². The average Bonchev–Trinajstić information content (AvgIpc) is 3.26. The molecule has 0 aliphatic heterocycles. The monoisotopic (exact) mass is 291 g/mol. The van der Waals surface area contributed by atoms with Crippen LogP contribution < -0.4 is 10.9 Å². The van der Waals surface area contributed by atoms with E-state index in [1.165, 1.54) is 0 Å². The predicted molar refractivity (Wildman–Crippen MR) is 78.5 cm³/mol. The first-order valence-corrected chi connectivity index (χ1v) is 7.67. The zero-order valence-electron chi connectivity index (χ0n) is 12.0. The standard InChI is InChI=1S/C15H21N3O3/c19-12(20)10-15(6-2-1-3-7-15)17-13-14(21)18(9-8-16-13)11-4-5-11/h8-9,11H,1-7,10H2,(H,16,17)(H,19,20). The Hall–Kier alpha value is -1.85. The Labute approximate surface area is 123 Å². The van der Waals surface area contributed by atoms with E-state index in [4.69, 9.17) is 0 Å². The second-order valence-corrected chi connectivity index (χ2v) is 6.26. The Morgan fingerprint density at radius 1 is 1.38 bits per heavy atom. The molecular formula is C15H21N3O3. The van der Waals surface area contributed by atoms with Gasteiger partial charge in [-0.2, -0.15) is 0 Å². The lowest BCUT2D eigenvalue weighted by Gasteiger charge is -2.37. The van der Waals surface area contributed by atoms with Crippen LogP contribution in [-0.2, 0) is 4.79 Å². The van der Waals surface area contributed by atoms with Crippen LogP contribution in [0.25, 0.3) is 0 Å². The summed E-state index contributed by atoms with van der Waals surface area (Å²) in [6, 6.07) is 0.294. The van der Waals surface area contributed by atoms with Crippen molar-refractivity contribution in [3.63, 3.8) is 0 Å². The molecule has 2 N–H and O–H groups in total. The lowest BCUT2D eigenvalue weighted by Crippen LogP contribution is -2.44. The highest BCUT2D eigenvalue weighted by Gasteiger charge is 2.36. The molecule has 6 heteroatoms. The van der Waals surface area contributed by atoms with Gasteiger partial charge in [0.1, 0.15) is 0 Å². The summed E-state index contributed by atoms with van der Waals surface area (Å²) < 4.78 is 1.71. The number of aromatic nitrogens is 2. The largest absolute Gasteiger partial charge is 0.481 e. The maximum atomic E-state index is 12.4. The van der Waals surface area contributed by atoms with Crippen LogP contribution in [0, 0.1) is 0 Å². The number of hydrogen-bond acceptors (Lipinski definition) is 4. The molecule has 0 unspecified atom stereocenters. The van der Waals surface area contributed by atoms with Crippen molar-refractivity contribution in [3.05, 3.63) is 22.7 Å². The second kappa shape index (κ2) is 5.50. The SMILES string of the molecule is O=C(O)CC1(Nc2nccn(C3CC3)c2=O)CCCCC1. The van der Waals surface area contributed by atoms with Crippen molar-refractivity contribution in [2.24, 2.45) is 0 Å². The molecule has 0 amide bonds. The molecule has 1 aromatic heterocycles. The summed E-state index contributed by atoms with van der Waals surface area (Å²) in [7, 11) is 0. The molecule has 6 nitrogen and oxygen atoms in total. The van der Waals surface area contributed by atoms with Crippen molar-refractivity contribution in [2.75, 3.05) is 5.32 Å². The maximum Gasteiger partial charge on any atom is 0.305 e. The molecule has 0 spiro atoms. The number of carbonyl (C=O) groups is 1. The first-order valence-electron chi connectivity index (χ1n) is 7.67. The smallest absolute Gasteiger partial charge is 0.305 e. The second-order valence-electron chi connectivity index (χ2n) is 6.26. The summed E-state index contributed by atoms with van der Waals surface area (Å²) in [6.45, 7) is 0. The third kappa shape index (κ3) is 3.09. The molecule has 2 aliphatic rings. The fraction of sp³-hybridized carbons (Fsp3) is 0.667. The van der Waals surface area contributed by atoms with Gasteiger partial charge in [-0.25, -0.2) is 4.98 Å². The molecule has 2 fully saturated rings. The van der Waals surface area contributed by atoms with E-state index in [1.54, 1.807) is 17.0 Å². The summed E-state index contributed by atoms with van der Waals surface area (Å²) >= 11 is 0. The normalized spacial score (nSPS) is 21.0. The minimum absolute atomic E-state index is 0.0342. The zero-order valence-corrected chi connectivity index (χ0v) is 12.0. The van der Waals surface area contributed by atoms with Gasteiger partial charge in [0.2, 0.25) is 0 Å². The van der Waals surface area contributed by atoms with E-state index in [2.05, 4.69) is 10.3 Å². The summed E-state index contributed by atoms with van der Waals surface area (Å²) in [6.07, 6.45) is 10.1. The van der Waals surface area contributed by atoms with Crippen molar-refractivity contribution in [2.45, 2.75) is 62.9 Å². The van der Waals surface area contributed by atoms with Crippen molar-refractivity contribution in [3.8, 4) is 0 Å². The zero-order chi connectivity index (χ0) is 14.9. The van der Waals surface area contributed by atoms with Gasteiger partial charge in [-0.3, -0.25) is 9.59 Å². The van der Waals surface area contributed by atoms with E-state index in [9.17, 15) is 14.7 Å². The van der Waals surface area contributed by atoms with Crippen molar-refractivity contribution in [1.82, 2.24) is 9.55 Å². The molecule has 3 rings (SSSR count). The topological polar surface area (TPSA) is 84.2 Å². The van der Waals surface area contributed by atoms with Gasteiger partial charge in [0.05, 0.1) is 6.42 Å². The van der Waals surface area contributed by atoms with Crippen molar-refractivity contribution >= 4 is 11.8 Å². The fourth-order valence-electron chi connectivity index (χ4n) is 3.27. The number of rotatable bonds is 5. The van der Waals surface area contributed by atoms with E-state index in [-0.39, 0.29) is 12.0 Å². The van der Waals surface area contributed by atoms with E-state index < -0.39 is 11.5 Å². The Kier molecular flexibility index (Phi) is 3.69. The Morgan fingerprint density at radius 3 is 2.71 bits per heavy atom. The lowest BCUT2D eigenvalue weighted by molar-refractivity contribution is -0.138. The van der Waals surface area contributed by atoms with Gasteiger partial charge in [-0.05, 0) is 25.7 Å². The van der Waals surface area contributed by atoms with Crippen LogP contribution in [0.5, 0.6) is 0 Å². The van der Waals surface area contributed by atoms with Crippen LogP contribution in [0.15, 0.2) is 17.2 Å². The van der Waals surface area contributed by atoms with Crippen LogP contribution >= 0.6 is 0 Å². The Morgan fingerprint density at radius 2 is 2.10 bits per heavy atom. The molecule has 0 saturated heterocycles. The molecule has 0 radical (unpaired) electrons. The van der Waals surface area contributed by atoms with Crippen LogP contribution in [-0.4, -0.2) is 26.2 Å². The molecule has 1 heterocycles. The summed E-state index contributed by atoms with van der Waals surface area (Å²) in [5.74, 6) is -0.532. The van der Waals surface area contributed by atoms with Gasteiger partial charge >= 0.3 is 5.97 Å². The molecule has 2 saturated carbocycles. The van der Waals surface area contributed by atoms with Crippen LogP contribution in [0.4, 0.5) is 5.82 Å². The fourth-order valence-corrected chi connectivity index (χ4v) is 3.27. The molecule has 1 aromatic rings. The number of hydrogen-bond donors (Lipinski definition) is 2. The van der Waals surface area contributed by atoms with Crippen LogP contribution in [0.3, 0.4) is 0 Å². The van der Waals surface area contributed by atoms with Gasteiger partial charge in [-0.15, -0.1) is 0 Å². The van der Waals surface area contributed by atoms with Gasteiger partial charge in [-0.1, -0.05) is 19.3 Å². The first-order chi connectivity index (χ1) is 10.1. The van der Waals surface area contributed by atoms with Crippen molar-refractivity contribution in [1.29, 1.82) is 0 Å². The summed E-state index contributed by atoms with van der Waals surface area (Å²) in [5.41, 5.74) is -0.658. The molecule has 114 valence electrons. The number of carboxylic acids is 1. The molecule has 2 aliphatic carbocycles. The van der Waals surface area contributed by atoms with E-state index in [0.717, 1.165) is 44.9 Å². The van der Waals surface area contributed by atoms with Gasteiger partial charge in [0, 0.05) is 24.0 Å². The van der Waals surface area contributed by atoms with Crippen LogP contribution in [0.1, 0.15) is 57.4 Å². The van der Waals surface area contributed by atoms with Gasteiger partial charge < -0.3 is 15.0 Å². The third-order valence-corrected chi connectivity index (χ3v) is 4.49. The van der Waals surface area contributed by atoms with E-state index in [1.807, 2.05) is 0 Å². The minimum Gasteiger partial charge on any atom is -0.481 e. The number of nitrogens with zero attached hydrogens (tertiary/aromatic N) is 2. The molecule has 0 aromatic carbocycles. The number of anilines is 1. The minimum atomic E-state index is -0.831.